The number of carbonyl (C=O) groups is 2. The molecule has 166 valence electrons. The number of ether oxygens (including phenoxy) is 1. The highest BCUT2D eigenvalue weighted by Crippen LogP contribution is 2.24. The van der Waals surface area contributed by atoms with Gasteiger partial charge in [-0.25, -0.2) is 0 Å². The number of hydrogen-bond acceptors (Lipinski definition) is 4. The van der Waals surface area contributed by atoms with Crippen LogP contribution in [0.1, 0.15) is 66.8 Å². The van der Waals surface area contributed by atoms with Gasteiger partial charge in [-0.3, -0.25) is 25.8 Å². The zero-order valence-electron chi connectivity index (χ0n) is 18.2. The van der Waals surface area contributed by atoms with Crippen LogP contribution >= 0.6 is 28.1 Å². The Hall–Kier alpha value is -2.45. The maximum atomic E-state index is 12.7. The number of nitrogens with one attached hydrogen (secondary N) is 3. The van der Waals surface area contributed by atoms with E-state index in [1.54, 1.807) is 30.3 Å². The Kier molecular flexibility index (Phi) is 9.00. The predicted molar refractivity (Wildman–Crippen MR) is 130 cm³/mol. The summed E-state index contributed by atoms with van der Waals surface area (Å²) in [6.45, 7) is 8.91. The van der Waals surface area contributed by atoms with E-state index in [1.807, 2.05) is 12.1 Å². The molecule has 0 spiro atoms. The monoisotopic (exact) mass is 505 g/mol. The molecule has 0 bridgehead atoms. The lowest BCUT2D eigenvalue weighted by molar-refractivity contribution is 0.0933. The minimum atomic E-state index is -0.436. The molecule has 0 aliphatic heterocycles. The van der Waals surface area contributed by atoms with Crippen molar-refractivity contribution in [1.82, 2.24) is 16.2 Å². The molecule has 2 aromatic carbocycles. The summed E-state index contributed by atoms with van der Waals surface area (Å²) in [5, 5.41) is 2.53. The number of rotatable bonds is 6. The average Bonchev–Trinajstić information content (AvgIpc) is 2.72. The molecule has 0 aliphatic rings. The highest BCUT2D eigenvalue weighted by Gasteiger charge is 2.16. The zero-order chi connectivity index (χ0) is 23.0. The Morgan fingerprint density at radius 1 is 1.03 bits per heavy atom. The van der Waals surface area contributed by atoms with E-state index in [0.717, 1.165) is 22.9 Å². The van der Waals surface area contributed by atoms with Gasteiger partial charge in [0, 0.05) is 10.0 Å². The van der Waals surface area contributed by atoms with Gasteiger partial charge in [0.15, 0.2) is 5.11 Å². The second kappa shape index (κ2) is 11.2. The summed E-state index contributed by atoms with van der Waals surface area (Å²) < 4.78 is 6.45. The van der Waals surface area contributed by atoms with Crippen molar-refractivity contribution in [2.24, 2.45) is 0 Å². The Labute approximate surface area is 197 Å². The maximum absolute atomic E-state index is 12.7. The van der Waals surface area contributed by atoms with E-state index in [2.05, 4.69) is 59.8 Å². The molecule has 0 aromatic heterocycles. The van der Waals surface area contributed by atoms with Crippen molar-refractivity contribution in [3.8, 4) is 5.75 Å². The summed E-state index contributed by atoms with van der Waals surface area (Å²) in [7, 11) is 0. The van der Waals surface area contributed by atoms with Crippen molar-refractivity contribution in [2.45, 2.75) is 46.0 Å². The third-order valence-corrected chi connectivity index (χ3v) is 5.17. The number of amides is 2. The normalized spacial score (nSPS) is 10.9. The molecule has 2 amide bonds. The maximum Gasteiger partial charge on any atom is 0.269 e. The van der Waals surface area contributed by atoms with Crippen LogP contribution in [0.4, 0.5) is 0 Å². The molecule has 2 aromatic rings. The van der Waals surface area contributed by atoms with E-state index in [1.165, 1.54) is 0 Å². The van der Waals surface area contributed by atoms with Crippen LogP contribution in [-0.4, -0.2) is 23.5 Å². The van der Waals surface area contributed by atoms with Gasteiger partial charge in [0.2, 0.25) is 0 Å². The SMILES string of the molecule is CCCCOc1ccc(Br)cc1C(=O)NC(=S)NNC(=O)c1ccc(C(C)(C)C)cc1. The molecule has 6 nitrogen and oxygen atoms in total. The predicted octanol–water partition coefficient (Wildman–Crippen LogP) is 4.87. The van der Waals surface area contributed by atoms with E-state index >= 15 is 0 Å². The molecular weight excluding hydrogens is 478 g/mol. The lowest BCUT2D eigenvalue weighted by atomic mass is 9.87. The third-order valence-electron chi connectivity index (χ3n) is 4.47. The van der Waals surface area contributed by atoms with Gasteiger partial charge in [0.1, 0.15) is 5.75 Å². The molecule has 0 unspecified atom stereocenters. The van der Waals surface area contributed by atoms with Crippen molar-refractivity contribution in [2.75, 3.05) is 6.61 Å². The molecule has 0 radical (unpaired) electrons. The summed E-state index contributed by atoms with van der Waals surface area (Å²) >= 11 is 8.50. The number of hydrazine groups is 1. The van der Waals surface area contributed by atoms with Gasteiger partial charge >= 0.3 is 0 Å². The molecule has 2 rings (SSSR count). The van der Waals surface area contributed by atoms with Gasteiger partial charge in [-0.1, -0.05) is 62.2 Å². The average molecular weight is 506 g/mol. The second-order valence-corrected chi connectivity index (χ2v) is 9.36. The van der Waals surface area contributed by atoms with Gasteiger partial charge in [-0.15, -0.1) is 0 Å². The number of thiocarbonyl (C=S) groups is 1. The van der Waals surface area contributed by atoms with E-state index in [4.69, 9.17) is 17.0 Å². The van der Waals surface area contributed by atoms with Crippen LogP contribution in [0.3, 0.4) is 0 Å². The molecule has 0 saturated heterocycles. The fourth-order valence-electron chi connectivity index (χ4n) is 2.64. The number of hydrogen-bond donors (Lipinski definition) is 3. The van der Waals surface area contributed by atoms with E-state index in [-0.39, 0.29) is 16.4 Å². The zero-order valence-corrected chi connectivity index (χ0v) is 20.6. The number of carbonyl (C=O) groups excluding carboxylic acids is 2. The number of benzene rings is 2. The summed E-state index contributed by atoms with van der Waals surface area (Å²) in [4.78, 5) is 25.0. The largest absolute Gasteiger partial charge is 0.493 e. The summed E-state index contributed by atoms with van der Waals surface area (Å²) in [5.41, 5.74) is 7.02. The second-order valence-electron chi connectivity index (χ2n) is 8.03. The van der Waals surface area contributed by atoms with E-state index < -0.39 is 5.91 Å². The first-order chi connectivity index (χ1) is 14.6. The third kappa shape index (κ3) is 7.63. The van der Waals surface area contributed by atoms with Crippen LogP contribution in [0.2, 0.25) is 0 Å². The first-order valence-electron chi connectivity index (χ1n) is 10.1. The summed E-state index contributed by atoms with van der Waals surface area (Å²) in [6.07, 6.45) is 1.88. The van der Waals surface area contributed by atoms with Crippen LogP contribution < -0.4 is 20.9 Å². The Balaban J connectivity index is 1.94. The smallest absolute Gasteiger partial charge is 0.269 e. The van der Waals surface area contributed by atoms with Crippen molar-refractivity contribution in [3.63, 3.8) is 0 Å². The van der Waals surface area contributed by atoms with Gasteiger partial charge < -0.3 is 4.74 Å². The molecule has 3 N–H and O–H groups in total. The fraction of sp³-hybridized carbons (Fsp3) is 0.348. The van der Waals surface area contributed by atoms with Crippen molar-refractivity contribution >= 4 is 45.1 Å². The molecule has 0 fully saturated rings. The first-order valence-corrected chi connectivity index (χ1v) is 11.3. The van der Waals surface area contributed by atoms with Gasteiger partial charge in [0.25, 0.3) is 11.8 Å². The first kappa shape index (κ1) is 24.8. The van der Waals surface area contributed by atoms with Crippen LogP contribution in [0.25, 0.3) is 0 Å². The quantitative estimate of drug-likeness (QED) is 0.296. The Bertz CT molecular complexity index is 940. The minimum absolute atomic E-state index is 0.00461. The number of unbranched alkanes of at least 4 members (excludes halogenated alkanes) is 1. The molecule has 0 heterocycles. The van der Waals surface area contributed by atoms with E-state index in [9.17, 15) is 9.59 Å². The Morgan fingerprint density at radius 2 is 1.71 bits per heavy atom. The summed E-state index contributed by atoms with van der Waals surface area (Å²) in [5.74, 6) is -0.322. The van der Waals surface area contributed by atoms with E-state index in [0.29, 0.717) is 23.5 Å². The Morgan fingerprint density at radius 3 is 2.32 bits per heavy atom. The lowest BCUT2D eigenvalue weighted by Crippen LogP contribution is -2.48. The molecule has 0 aliphatic carbocycles. The van der Waals surface area contributed by atoms with Gasteiger partial charge in [-0.2, -0.15) is 0 Å². The van der Waals surface area contributed by atoms with Gasteiger partial charge in [0.05, 0.1) is 12.2 Å². The molecule has 0 atom stereocenters. The highest BCUT2D eigenvalue weighted by molar-refractivity contribution is 9.10. The van der Waals surface area contributed by atoms with Crippen LogP contribution in [0.15, 0.2) is 46.9 Å². The van der Waals surface area contributed by atoms with Crippen LogP contribution in [0, 0.1) is 0 Å². The van der Waals surface area contributed by atoms with Crippen molar-refractivity contribution in [3.05, 3.63) is 63.6 Å². The van der Waals surface area contributed by atoms with Crippen LogP contribution in [0.5, 0.6) is 5.75 Å². The standard InChI is InChI=1S/C23H28BrN3O3S/c1-5-6-13-30-19-12-11-17(24)14-18(19)21(29)25-22(31)27-26-20(28)15-7-9-16(10-8-15)23(2,3)4/h7-12,14H,5-6,13H2,1-4H3,(H,26,28)(H2,25,27,29,31). The van der Waals surface area contributed by atoms with Crippen LogP contribution in [-0.2, 0) is 5.41 Å². The lowest BCUT2D eigenvalue weighted by Gasteiger charge is -2.19. The fourth-order valence-corrected chi connectivity index (χ4v) is 3.15. The van der Waals surface area contributed by atoms with Crippen molar-refractivity contribution < 1.29 is 14.3 Å². The van der Waals surface area contributed by atoms with Gasteiger partial charge in [-0.05, 0) is 59.9 Å². The topological polar surface area (TPSA) is 79.5 Å². The number of halogens is 1. The summed E-state index contributed by atoms with van der Waals surface area (Å²) in [6, 6.07) is 12.5. The molecular formula is C23H28BrN3O3S. The molecule has 0 saturated carbocycles. The molecule has 31 heavy (non-hydrogen) atoms. The highest BCUT2D eigenvalue weighted by atomic mass is 79.9. The minimum Gasteiger partial charge on any atom is -0.493 e. The van der Waals surface area contributed by atoms with Crippen molar-refractivity contribution in [1.29, 1.82) is 0 Å². The molecule has 8 heteroatoms.